The van der Waals surface area contributed by atoms with E-state index in [1.807, 2.05) is 36.4 Å². The first-order valence-corrected chi connectivity index (χ1v) is 7.71. The minimum absolute atomic E-state index is 0.525. The van der Waals surface area contributed by atoms with Gasteiger partial charge in [0.25, 0.3) is 0 Å². The summed E-state index contributed by atoms with van der Waals surface area (Å²) >= 11 is 11.5. The van der Waals surface area contributed by atoms with Crippen LogP contribution in [-0.4, -0.2) is 0 Å². The van der Waals surface area contributed by atoms with E-state index >= 15 is 0 Å². The highest BCUT2D eigenvalue weighted by molar-refractivity contribution is 9.10. The monoisotopic (exact) mass is 341 g/mol. The van der Waals surface area contributed by atoms with Crippen LogP contribution in [0.25, 0.3) is 0 Å². The Kier molecular flexibility index (Phi) is 5.13. The number of halogens is 2. The molecule has 0 fully saturated rings. The maximum atomic E-state index is 6.23. The zero-order valence-corrected chi connectivity index (χ0v) is 12.9. The second-order valence-electron chi connectivity index (χ2n) is 3.85. The van der Waals surface area contributed by atoms with E-state index in [1.54, 1.807) is 11.8 Å². The van der Waals surface area contributed by atoms with Gasteiger partial charge in [0, 0.05) is 26.7 Å². The van der Waals surface area contributed by atoms with Gasteiger partial charge in [-0.1, -0.05) is 35.9 Å². The third-order valence-corrected chi connectivity index (χ3v) is 5.00. The summed E-state index contributed by atoms with van der Waals surface area (Å²) < 4.78 is 1.12. The van der Waals surface area contributed by atoms with Crippen molar-refractivity contribution in [1.29, 1.82) is 0 Å². The van der Waals surface area contributed by atoms with Crippen molar-refractivity contribution in [2.24, 2.45) is 5.73 Å². The zero-order chi connectivity index (χ0) is 13.0. The molecule has 2 aromatic carbocycles. The van der Waals surface area contributed by atoms with Gasteiger partial charge in [-0.25, -0.2) is 0 Å². The maximum absolute atomic E-state index is 6.23. The van der Waals surface area contributed by atoms with E-state index in [2.05, 4.69) is 22.0 Å². The molecule has 4 heteroatoms. The molecule has 2 aromatic rings. The summed E-state index contributed by atoms with van der Waals surface area (Å²) in [7, 11) is 0. The molecule has 0 saturated heterocycles. The summed E-state index contributed by atoms with van der Waals surface area (Å²) in [6, 6.07) is 14.2. The van der Waals surface area contributed by atoms with Crippen LogP contribution in [-0.2, 0) is 12.3 Å². The summed E-state index contributed by atoms with van der Waals surface area (Å²) in [4.78, 5) is 1.22. The lowest BCUT2D eigenvalue weighted by Crippen LogP contribution is -1.96. The fourth-order valence-electron chi connectivity index (χ4n) is 1.55. The first-order valence-electron chi connectivity index (χ1n) is 5.55. The van der Waals surface area contributed by atoms with E-state index in [4.69, 9.17) is 17.3 Å². The predicted molar refractivity (Wildman–Crippen MR) is 83.0 cm³/mol. The van der Waals surface area contributed by atoms with E-state index in [0.29, 0.717) is 6.54 Å². The van der Waals surface area contributed by atoms with Crippen LogP contribution in [0.5, 0.6) is 0 Å². The molecule has 0 aliphatic carbocycles. The minimum Gasteiger partial charge on any atom is -0.326 e. The Morgan fingerprint density at radius 1 is 1.17 bits per heavy atom. The fraction of sp³-hybridized carbons (Fsp3) is 0.143. The summed E-state index contributed by atoms with van der Waals surface area (Å²) in [5.74, 6) is 0.853. The Bertz CT molecular complexity index is 545. The summed E-state index contributed by atoms with van der Waals surface area (Å²) in [5.41, 5.74) is 7.78. The van der Waals surface area contributed by atoms with E-state index < -0.39 is 0 Å². The molecule has 0 aromatic heterocycles. The van der Waals surface area contributed by atoms with Crippen molar-refractivity contribution in [2.45, 2.75) is 17.2 Å². The van der Waals surface area contributed by atoms with E-state index in [-0.39, 0.29) is 0 Å². The van der Waals surface area contributed by atoms with Gasteiger partial charge in [0.2, 0.25) is 0 Å². The summed E-state index contributed by atoms with van der Waals surface area (Å²) in [5, 5.41) is 0.789. The number of thioether (sulfide) groups is 1. The normalized spacial score (nSPS) is 10.6. The molecule has 0 amide bonds. The highest BCUT2D eigenvalue weighted by Crippen LogP contribution is 2.31. The number of benzene rings is 2. The fourth-order valence-corrected chi connectivity index (χ4v) is 3.47. The molecular formula is C14H13BrClNS. The quantitative estimate of drug-likeness (QED) is 0.803. The lowest BCUT2D eigenvalue weighted by atomic mass is 10.1. The van der Waals surface area contributed by atoms with Gasteiger partial charge in [-0.15, -0.1) is 11.8 Å². The van der Waals surface area contributed by atoms with Gasteiger partial charge in [-0.3, -0.25) is 0 Å². The smallest absolute Gasteiger partial charge is 0.0449 e. The van der Waals surface area contributed by atoms with Gasteiger partial charge in [0.1, 0.15) is 0 Å². The lowest BCUT2D eigenvalue weighted by molar-refractivity contribution is 1.07. The molecule has 0 spiro atoms. The van der Waals surface area contributed by atoms with Crippen molar-refractivity contribution in [3.8, 4) is 0 Å². The highest BCUT2D eigenvalue weighted by atomic mass is 79.9. The second-order valence-corrected chi connectivity index (χ2v) is 6.13. The van der Waals surface area contributed by atoms with Crippen LogP contribution in [0.3, 0.4) is 0 Å². The third kappa shape index (κ3) is 3.51. The molecule has 2 rings (SSSR count). The first-order chi connectivity index (χ1) is 8.70. The Hall–Kier alpha value is -0.480. The van der Waals surface area contributed by atoms with Crippen molar-refractivity contribution in [3.63, 3.8) is 0 Å². The SMILES string of the molecule is NCc1ccc(CSc2ccccc2Br)c(Cl)c1. The van der Waals surface area contributed by atoms with Gasteiger partial charge >= 0.3 is 0 Å². The van der Waals surface area contributed by atoms with E-state index in [0.717, 1.165) is 26.4 Å². The standard InChI is InChI=1S/C14H13BrClNS/c15-12-3-1-2-4-14(12)18-9-11-6-5-10(8-17)7-13(11)16/h1-7H,8-9,17H2. The molecule has 0 bridgehead atoms. The number of hydrogen-bond acceptors (Lipinski definition) is 2. The molecule has 2 N–H and O–H groups in total. The molecule has 0 atom stereocenters. The Labute approximate surface area is 125 Å². The van der Waals surface area contributed by atoms with Gasteiger partial charge in [0.05, 0.1) is 0 Å². The molecule has 0 heterocycles. The van der Waals surface area contributed by atoms with Crippen molar-refractivity contribution < 1.29 is 0 Å². The third-order valence-electron chi connectivity index (χ3n) is 2.57. The van der Waals surface area contributed by atoms with Gasteiger partial charge in [-0.2, -0.15) is 0 Å². The summed E-state index contributed by atoms with van der Waals surface area (Å²) in [6.45, 7) is 0.525. The molecule has 94 valence electrons. The molecule has 0 aliphatic rings. The van der Waals surface area contributed by atoms with Crippen molar-refractivity contribution in [3.05, 3.63) is 63.1 Å². The van der Waals surface area contributed by atoms with Gasteiger partial charge < -0.3 is 5.73 Å². The predicted octanol–water partition coefficient (Wildman–Crippen LogP) is 4.85. The molecule has 0 aliphatic heterocycles. The van der Waals surface area contributed by atoms with Crippen LogP contribution in [0, 0.1) is 0 Å². The van der Waals surface area contributed by atoms with E-state index in [9.17, 15) is 0 Å². The Balaban J connectivity index is 2.09. The van der Waals surface area contributed by atoms with Gasteiger partial charge in [-0.05, 0) is 45.3 Å². The highest BCUT2D eigenvalue weighted by Gasteiger charge is 2.04. The van der Waals surface area contributed by atoms with Crippen LogP contribution in [0.2, 0.25) is 5.02 Å². The summed E-state index contributed by atoms with van der Waals surface area (Å²) in [6.07, 6.45) is 0. The molecule has 1 nitrogen and oxygen atoms in total. The van der Waals surface area contributed by atoms with Crippen LogP contribution in [0.15, 0.2) is 51.8 Å². The first kappa shape index (κ1) is 13.9. The maximum Gasteiger partial charge on any atom is 0.0449 e. The minimum atomic E-state index is 0.525. The molecule has 0 unspecified atom stereocenters. The van der Waals surface area contributed by atoms with Crippen LogP contribution >= 0.6 is 39.3 Å². The molecule has 0 saturated carbocycles. The largest absolute Gasteiger partial charge is 0.326 e. The molecule has 18 heavy (non-hydrogen) atoms. The number of hydrogen-bond donors (Lipinski definition) is 1. The Morgan fingerprint density at radius 3 is 2.61 bits per heavy atom. The average Bonchev–Trinajstić information content (AvgIpc) is 2.39. The lowest BCUT2D eigenvalue weighted by Gasteiger charge is -2.07. The number of rotatable bonds is 4. The van der Waals surface area contributed by atoms with Crippen molar-refractivity contribution in [1.82, 2.24) is 0 Å². The topological polar surface area (TPSA) is 26.0 Å². The van der Waals surface area contributed by atoms with E-state index in [1.165, 1.54) is 4.90 Å². The van der Waals surface area contributed by atoms with Crippen LogP contribution in [0.4, 0.5) is 0 Å². The average molecular weight is 343 g/mol. The zero-order valence-electron chi connectivity index (χ0n) is 9.70. The molecular weight excluding hydrogens is 330 g/mol. The second kappa shape index (κ2) is 6.62. The Morgan fingerprint density at radius 2 is 1.94 bits per heavy atom. The van der Waals surface area contributed by atoms with Gasteiger partial charge in [0.15, 0.2) is 0 Å². The van der Waals surface area contributed by atoms with Crippen molar-refractivity contribution in [2.75, 3.05) is 0 Å². The van der Waals surface area contributed by atoms with Crippen molar-refractivity contribution >= 4 is 39.3 Å². The van der Waals surface area contributed by atoms with Crippen LogP contribution < -0.4 is 5.73 Å². The van der Waals surface area contributed by atoms with Crippen LogP contribution in [0.1, 0.15) is 11.1 Å². The molecule has 0 radical (unpaired) electrons. The number of nitrogens with two attached hydrogens (primary N) is 1.